The van der Waals surface area contributed by atoms with Crippen molar-refractivity contribution in [3.63, 3.8) is 0 Å². The summed E-state index contributed by atoms with van der Waals surface area (Å²) in [6.45, 7) is 7.30. The molecule has 0 atom stereocenters. The van der Waals surface area contributed by atoms with E-state index in [9.17, 15) is 0 Å². The average molecular weight is 408 g/mol. The van der Waals surface area contributed by atoms with Gasteiger partial charge in [0.1, 0.15) is 12.4 Å². The summed E-state index contributed by atoms with van der Waals surface area (Å²) < 4.78 is 10.3. The third-order valence-corrected chi connectivity index (χ3v) is 5.90. The molecular formula is C26H51N2O+. The fourth-order valence-electron chi connectivity index (χ4n) is 3.94. The predicted molar refractivity (Wildman–Crippen MR) is 125 cm³/mol. The maximum absolute atomic E-state index is 5.84. The maximum atomic E-state index is 5.84. The zero-order valence-electron chi connectivity index (χ0n) is 19.9. The van der Waals surface area contributed by atoms with Gasteiger partial charge in [-0.25, -0.2) is 9.13 Å². The Bertz CT molecular complexity index is 444. The van der Waals surface area contributed by atoms with Crippen molar-refractivity contribution >= 4 is 0 Å². The van der Waals surface area contributed by atoms with Crippen LogP contribution in [0, 0.1) is 0 Å². The van der Waals surface area contributed by atoms with Crippen molar-refractivity contribution in [3.05, 3.63) is 18.7 Å². The van der Waals surface area contributed by atoms with E-state index >= 15 is 0 Å². The molecule has 0 aromatic carbocycles. The van der Waals surface area contributed by atoms with Crippen molar-refractivity contribution in [3.8, 4) is 0 Å². The molecule has 0 radical (unpaired) electrons. The molecule has 0 fully saturated rings. The van der Waals surface area contributed by atoms with Gasteiger partial charge in [0.15, 0.2) is 6.73 Å². The Morgan fingerprint density at radius 1 is 0.621 bits per heavy atom. The number of unbranched alkanes of at least 4 members (excludes halogenated alkanes) is 16. The second-order valence-electron chi connectivity index (χ2n) is 8.86. The fourth-order valence-corrected chi connectivity index (χ4v) is 3.94. The number of aryl methyl sites for hydroxylation is 1. The Morgan fingerprint density at radius 2 is 1.10 bits per heavy atom. The normalized spacial score (nSPS) is 11.4. The molecule has 1 aromatic heterocycles. The van der Waals surface area contributed by atoms with Crippen molar-refractivity contribution in [1.82, 2.24) is 4.57 Å². The summed E-state index contributed by atoms with van der Waals surface area (Å²) in [5.41, 5.74) is 0. The molecule has 1 aromatic rings. The molecule has 0 N–H and O–H groups in total. The maximum Gasteiger partial charge on any atom is 0.245 e. The van der Waals surface area contributed by atoms with Gasteiger partial charge in [0.2, 0.25) is 6.33 Å². The van der Waals surface area contributed by atoms with E-state index < -0.39 is 0 Å². The molecule has 170 valence electrons. The van der Waals surface area contributed by atoms with Crippen molar-refractivity contribution in [2.24, 2.45) is 0 Å². The first-order valence-corrected chi connectivity index (χ1v) is 13.0. The van der Waals surface area contributed by atoms with Gasteiger partial charge in [-0.2, -0.15) is 0 Å². The van der Waals surface area contributed by atoms with Crippen LogP contribution in [0.25, 0.3) is 0 Å². The average Bonchev–Trinajstić information content (AvgIpc) is 3.18. The van der Waals surface area contributed by atoms with Crippen LogP contribution in [0.4, 0.5) is 0 Å². The summed E-state index contributed by atoms with van der Waals surface area (Å²) in [5.74, 6) is 0. The van der Waals surface area contributed by atoms with E-state index in [1.165, 1.54) is 116 Å². The Morgan fingerprint density at radius 3 is 1.66 bits per heavy atom. The molecule has 0 aliphatic carbocycles. The quantitative estimate of drug-likeness (QED) is 0.141. The summed E-state index contributed by atoms with van der Waals surface area (Å²) in [4.78, 5) is 0. The molecule has 0 saturated heterocycles. The molecule has 1 rings (SSSR count). The molecule has 0 bridgehead atoms. The zero-order chi connectivity index (χ0) is 20.8. The Hall–Kier alpha value is -0.830. The lowest BCUT2D eigenvalue weighted by Gasteiger charge is -2.03. The molecule has 3 heteroatoms. The van der Waals surface area contributed by atoms with Crippen molar-refractivity contribution in [1.29, 1.82) is 0 Å². The largest absolute Gasteiger partial charge is 0.342 e. The van der Waals surface area contributed by atoms with Gasteiger partial charge in [0.05, 0.1) is 13.2 Å². The number of aromatic nitrogens is 2. The number of imidazole rings is 1. The number of hydrogen-bond donors (Lipinski definition) is 0. The summed E-state index contributed by atoms with van der Waals surface area (Å²) in [6, 6.07) is 0. The Kier molecular flexibility index (Phi) is 18.5. The van der Waals surface area contributed by atoms with Gasteiger partial charge in [-0.05, 0) is 19.3 Å². The topological polar surface area (TPSA) is 18.0 Å². The first-order valence-electron chi connectivity index (χ1n) is 13.0. The van der Waals surface area contributed by atoms with Crippen LogP contribution < -0.4 is 4.57 Å². The second-order valence-corrected chi connectivity index (χ2v) is 8.86. The van der Waals surface area contributed by atoms with E-state index in [0.717, 1.165) is 13.2 Å². The molecular weight excluding hydrogens is 356 g/mol. The van der Waals surface area contributed by atoms with Crippen LogP contribution in [0.1, 0.15) is 129 Å². The van der Waals surface area contributed by atoms with Crippen molar-refractivity contribution in [2.75, 3.05) is 6.61 Å². The van der Waals surface area contributed by atoms with E-state index in [1.54, 1.807) is 0 Å². The van der Waals surface area contributed by atoms with E-state index in [-0.39, 0.29) is 0 Å². The highest BCUT2D eigenvalue weighted by atomic mass is 16.5. The molecule has 1 heterocycles. The van der Waals surface area contributed by atoms with Crippen LogP contribution in [0.15, 0.2) is 18.7 Å². The van der Waals surface area contributed by atoms with Crippen molar-refractivity contribution in [2.45, 2.75) is 143 Å². The number of ether oxygens (including phenoxy) is 1. The van der Waals surface area contributed by atoms with Crippen molar-refractivity contribution < 1.29 is 9.30 Å². The minimum Gasteiger partial charge on any atom is -0.342 e. The minimum absolute atomic E-state index is 0.696. The summed E-state index contributed by atoms with van der Waals surface area (Å²) >= 11 is 0. The highest BCUT2D eigenvalue weighted by Gasteiger charge is 2.03. The van der Waals surface area contributed by atoms with Gasteiger partial charge < -0.3 is 4.74 Å². The lowest BCUT2D eigenvalue weighted by Crippen LogP contribution is -2.32. The first-order chi connectivity index (χ1) is 14.4. The molecule has 0 aliphatic heterocycles. The number of nitrogens with zero attached hydrogens (tertiary/aromatic N) is 2. The Labute approximate surface area is 182 Å². The molecule has 0 spiro atoms. The van der Waals surface area contributed by atoms with E-state index in [1.807, 2.05) is 0 Å². The number of rotatable bonds is 22. The van der Waals surface area contributed by atoms with Gasteiger partial charge >= 0.3 is 0 Å². The van der Waals surface area contributed by atoms with Crippen LogP contribution in [0.5, 0.6) is 0 Å². The van der Waals surface area contributed by atoms with Gasteiger partial charge in [0, 0.05) is 0 Å². The SMILES string of the molecule is CCCCCCCCCCCCOC[n+]1ccn(CCCCCCCCCC)c1. The van der Waals surface area contributed by atoms with Crippen LogP contribution >= 0.6 is 0 Å². The third-order valence-electron chi connectivity index (χ3n) is 5.90. The molecule has 3 nitrogen and oxygen atoms in total. The lowest BCUT2D eigenvalue weighted by molar-refractivity contribution is -0.732. The summed E-state index contributed by atoms with van der Waals surface area (Å²) in [5, 5.41) is 0. The first kappa shape index (κ1) is 26.2. The molecule has 0 amide bonds. The third kappa shape index (κ3) is 16.6. The highest BCUT2D eigenvalue weighted by molar-refractivity contribution is 4.65. The van der Waals surface area contributed by atoms with Gasteiger partial charge in [-0.1, -0.05) is 110 Å². The van der Waals surface area contributed by atoms with Crippen LogP contribution in [-0.2, 0) is 18.0 Å². The monoisotopic (exact) mass is 407 g/mol. The van der Waals surface area contributed by atoms with Crippen LogP contribution in [0.2, 0.25) is 0 Å². The van der Waals surface area contributed by atoms with E-state index in [4.69, 9.17) is 4.74 Å². The highest BCUT2D eigenvalue weighted by Crippen LogP contribution is 2.11. The van der Waals surface area contributed by atoms with E-state index in [2.05, 4.69) is 41.7 Å². The second kappa shape index (κ2) is 20.4. The molecule has 29 heavy (non-hydrogen) atoms. The van der Waals surface area contributed by atoms with Gasteiger partial charge in [-0.3, -0.25) is 0 Å². The van der Waals surface area contributed by atoms with Gasteiger partial charge in [0.25, 0.3) is 0 Å². The van der Waals surface area contributed by atoms with Crippen LogP contribution in [0.3, 0.4) is 0 Å². The number of hydrogen-bond acceptors (Lipinski definition) is 1. The van der Waals surface area contributed by atoms with E-state index in [0.29, 0.717) is 6.73 Å². The Balaban J connectivity index is 1.87. The fraction of sp³-hybridized carbons (Fsp3) is 0.885. The van der Waals surface area contributed by atoms with Crippen LogP contribution in [-0.4, -0.2) is 11.2 Å². The zero-order valence-corrected chi connectivity index (χ0v) is 19.9. The predicted octanol–water partition coefficient (Wildman–Crippen LogP) is 7.81. The molecule has 0 unspecified atom stereocenters. The minimum atomic E-state index is 0.696. The molecule has 0 saturated carbocycles. The standard InChI is InChI=1S/C26H51N2O/c1-3-5-7-9-11-13-14-16-18-20-24-29-26-28-23-22-27(25-28)21-19-17-15-12-10-8-6-4-2/h22-23,25H,3-21,24,26H2,1-2H3/q+1. The molecule has 0 aliphatic rings. The smallest absolute Gasteiger partial charge is 0.245 e. The van der Waals surface area contributed by atoms with Gasteiger partial charge in [-0.15, -0.1) is 0 Å². The summed E-state index contributed by atoms with van der Waals surface area (Å²) in [6.07, 6.45) is 31.4. The summed E-state index contributed by atoms with van der Waals surface area (Å²) in [7, 11) is 0. The lowest BCUT2D eigenvalue weighted by atomic mass is 10.1.